The molecule has 1 aliphatic heterocycles. The highest BCUT2D eigenvalue weighted by Gasteiger charge is 2.35. The fourth-order valence-corrected chi connectivity index (χ4v) is 5.11. The lowest BCUT2D eigenvalue weighted by Crippen LogP contribution is -2.42. The minimum absolute atomic E-state index is 0.170. The van der Waals surface area contributed by atoms with Gasteiger partial charge in [0.1, 0.15) is 17.5 Å². The maximum Gasteiger partial charge on any atom is 0.309 e. The predicted octanol–water partition coefficient (Wildman–Crippen LogP) is 2.94. The number of aromatic amines is 1. The van der Waals surface area contributed by atoms with Gasteiger partial charge in [-0.1, -0.05) is 12.1 Å². The summed E-state index contributed by atoms with van der Waals surface area (Å²) in [5.74, 6) is 1.66. The van der Waals surface area contributed by atoms with Crippen molar-refractivity contribution in [3.63, 3.8) is 0 Å². The summed E-state index contributed by atoms with van der Waals surface area (Å²) in [6, 6.07) is 14.6. The van der Waals surface area contributed by atoms with Crippen molar-refractivity contribution >= 4 is 16.9 Å². The Labute approximate surface area is 225 Å². The molecule has 2 aromatic carbocycles. The number of hydrogen-bond acceptors (Lipinski definition) is 9. The first-order chi connectivity index (χ1) is 19.0. The average Bonchev–Trinajstić information content (AvgIpc) is 3.41. The number of tetrazole rings is 1. The number of H-pyrrole nitrogens is 1. The summed E-state index contributed by atoms with van der Waals surface area (Å²) in [5.41, 5.74) is 2.00. The molecule has 2 aromatic heterocycles. The topological polar surface area (TPSA) is 124 Å². The van der Waals surface area contributed by atoms with Crippen LogP contribution in [-0.2, 0) is 16.1 Å². The van der Waals surface area contributed by atoms with Crippen molar-refractivity contribution in [2.45, 2.75) is 32.4 Å². The van der Waals surface area contributed by atoms with Crippen molar-refractivity contribution in [3.05, 3.63) is 75.8 Å². The number of fused-ring (bicyclic) bond motifs is 1. The molecule has 1 saturated heterocycles. The van der Waals surface area contributed by atoms with Crippen LogP contribution in [0, 0.1) is 5.92 Å². The number of nitrogens with zero attached hydrogens (tertiary/aromatic N) is 5. The Hall–Kier alpha value is -4.25. The van der Waals surface area contributed by atoms with Gasteiger partial charge in [-0.25, -0.2) is 4.68 Å². The second-order valence-electron chi connectivity index (χ2n) is 9.51. The molecule has 3 heterocycles. The van der Waals surface area contributed by atoms with E-state index in [4.69, 9.17) is 14.2 Å². The van der Waals surface area contributed by atoms with E-state index in [-0.39, 0.29) is 17.4 Å². The number of aromatic nitrogens is 5. The molecule has 11 heteroatoms. The predicted molar refractivity (Wildman–Crippen MR) is 144 cm³/mol. The number of piperidine rings is 1. The summed E-state index contributed by atoms with van der Waals surface area (Å²) < 4.78 is 17.7. The Kier molecular flexibility index (Phi) is 7.87. The highest BCUT2D eigenvalue weighted by molar-refractivity contribution is 5.80. The lowest BCUT2D eigenvalue weighted by molar-refractivity contribution is -0.149. The second-order valence-corrected chi connectivity index (χ2v) is 9.51. The smallest absolute Gasteiger partial charge is 0.309 e. The van der Waals surface area contributed by atoms with E-state index in [1.807, 2.05) is 55.5 Å². The Bertz CT molecular complexity index is 1490. The van der Waals surface area contributed by atoms with Crippen LogP contribution in [0.5, 0.6) is 11.5 Å². The summed E-state index contributed by atoms with van der Waals surface area (Å²) in [5, 5.41) is 13.5. The molecular weight excluding hydrogens is 500 g/mol. The van der Waals surface area contributed by atoms with E-state index < -0.39 is 6.04 Å². The van der Waals surface area contributed by atoms with Crippen LogP contribution in [0.1, 0.15) is 42.8 Å². The number of benzene rings is 2. The van der Waals surface area contributed by atoms with Crippen LogP contribution in [0.4, 0.5) is 0 Å². The number of rotatable bonds is 9. The van der Waals surface area contributed by atoms with Crippen molar-refractivity contribution in [3.8, 4) is 11.5 Å². The minimum atomic E-state index is -0.527. The zero-order chi connectivity index (χ0) is 27.4. The van der Waals surface area contributed by atoms with Crippen molar-refractivity contribution in [2.75, 3.05) is 33.9 Å². The third kappa shape index (κ3) is 5.63. The van der Waals surface area contributed by atoms with Crippen LogP contribution in [0.25, 0.3) is 10.9 Å². The molecule has 0 amide bonds. The highest BCUT2D eigenvalue weighted by Crippen LogP contribution is 2.32. The molecular formula is C28H32N6O5. The Morgan fingerprint density at radius 1 is 1.05 bits per heavy atom. The Morgan fingerprint density at radius 2 is 1.77 bits per heavy atom. The van der Waals surface area contributed by atoms with Crippen LogP contribution in [0.2, 0.25) is 0 Å². The maximum atomic E-state index is 13.5. The summed E-state index contributed by atoms with van der Waals surface area (Å²) in [7, 11) is 3.23. The Balaban J connectivity index is 1.54. The maximum absolute atomic E-state index is 13.5. The molecule has 0 unspecified atom stereocenters. The summed E-state index contributed by atoms with van der Waals surface area (Å²) in [6.07, 6.45) is 1.24. The SMILES string of the molecule is CCOC(=O)C1CCN([C@@H](c2cc3cc(OC)ccc3[nH]c2=O)c2nnnn2Cc2ccc(OC)cc2)CC1. The van der Waals surface area contributed by atoms with Crippen LogP contribution >= 0.6 is 0 Å². The molecule has 1 N–H and O–H groups in total. The van der Waals surface area contributed by atoms with E-state index in [9.17, 15) is 9.59 Å². The van der Waals surface area contributed by atoms with Gasteiger partial charge in [0.2, 0.25) is 0 Å². The monoisotopic (exact) mass is 532 g/mol. The summed E-state index contributed by atoms with van der Waals surface area (Å²) in [6.45, 7) is 3.75. The minimum Gasteiger partial charge on any atom is -0.497 e. The number of esters is 1. The number of pyridine rings is 1. The third-order valence-electron chi connectivity index (χ3n) is 7.18. The molecule has 0 radical (unpaired) electrons. The van der Waals surface area contributed by atoms with Gasteiger partial charge >= 0.3 is 5.97 Å². The van der Waals surface area contributed by atoms with E-state index in [2.05, 4.69) is 25.4 Å². The average molecular weight is 533 g/mol. The standard InChI is InChI=1S/C28H32N6O5/c1-4-39-28(36)19-11-13-33(14-12-19)25(23-16-20-15-22(38-3)9-10-24(20)29-27(23)35)26-30-31-32-34(26)17-18-5-7-21(37-2)8-6-18/h5-10,15-16,19,25H,4,11-14,17H2,1-3H3,(H,29,35)/t25-/m0/s1. The lowest BCUT2D eigenvalue weighted by Gasteiger charge is -2.36. The zero-order valence-corrected chi connectivity index (χ0v) is 22.3. The molecule has 0 saturated carbocycles. The molecule has 0 bridgehead atoms. The molecule has 0 aliphatic carbocycles. The number of nitrogens with one attached hydrogen (secondary N) is 1. The number of likely N-dealkylation sites (tertiary alicyclic amines) is 1. The van der Waals surface area contributed by atoms with Crippen molar-refractivity contribution in [1.82, 2.24) is 30.1 Å². The molecule has 11 nitrogen and oxygen atoms in total. The summed E-state index contributed by atoms with van der Waals surface area (Å²) >= 11 is 0. The fraction of sp³-hybridized carbons (Fsp3) is 0.393. The van der Waals surface area contributed by atoms with E-state index in [0.717, 1.165) is 16.7 Å². The largest absolute Gasteiger partial charge is 0.497 e. The van der Waals surface area contributed by atoms with E-state index >= 15 is 0 Å². The van der Waals surface area contributed by atoms with Gasteiger partial charge in [0.05, 0.1) is 33.3 Å². The highest BCUT2D eigenvalue weighted by atomic mass is 16.5. The number of methoxy groups -OCH3 is 2. The van der Waals surface area contributed by atoms with Crippen LogP contribution in [0.15, 0.2) is 53.3 Å². The number of ether oxygens (including phenoxy) is 3. The first-order valence-corrected chi connectivity index (χ1v) is 13.0. The molecule has 5 rings (SSSR count). The molecule has 0 spiro atoms. The van der Waals surface area contributed by atoms with E-state index in [1.54, 1.807) is 18.9 Å². The van der Waals surface area contributed by atoms with Crippen molar-refractivity contribution in [1.29, 1.82) is 0 Å². The summed E-state index contributed by atoms with van der Waals surface area (Å²) in [4.78, 5) is 31.1. The second kappa shape index (κ2) is 11.6. The van der Waals surface area contributed by atoms with Gasteiger partial charge in [0, 0.05) is 29.6 Å². The van der Waals surface area contributed by atoms with E-state index in [1.165, 1.54) is 0 Å². The zero-order valence-electron chi connectivity index (χ0n) is 22.3. The molecule has 1 aliphatic rings. The van der Waals surface area contributed by atoms with Crippen LogP contribution in [0.3, 0.4) is 0 Å². The number of carbonyl (C=O) groups is 1. The van der Waals surface area contributed by atoms with Gasteiger partial charge in [-0.15, -0.1) is 5.10 Å². The lowest BCUT2D eigenvalue weighted by atomic mass is 9.94. The molecule has 39 heavy (non-hydrogen) atoms. The third-order valence-corrected chi connectivity index (χ3v) is 7.18. The normalized spacial score (nSPS) is 15.3. The van der Waals surface area contributed by atoms with Crippen LogP contribution < -0.4 is 15.0 Å². The fourth-order valence-electron chi connectivity index (χ4n) is 5.11. The molecule has 1 fully saturated rings. The number of hydrogen-bond donors (Lipinski definition) is 1. The van der Waals surface area contributed by atoms with Gasteiger partial charge < -0.3 is 19.2 Å². The van der Waals surface area contributed by atoms with Crippen molar-refractivity contribution < 1.29 is 19.0 Å². The molecule has 4 aromatic rings. The van der Waals surface area contributed by atoms with Gasteiger partial charge in [-0.2, -0.15) is 0 Å². The van der Waals surface area contributed by atoms with Gasteiger partial charge in [-0.05, 0) is 72.2 Å². The van der Waals surface area contributed by atoms with Gasteiger partial charge in [-0.3, -0.25) is 14.5 Å². The van der Waals surface area contributed by atoms with Crippen molar-refractivity contribution in [2.24, 2.45) is 5.92 Å². The van der Waals surface area contributed by atoms with Gasteiger partial charge in [0.15, 0.2) is 5.82 Å². The first-order valence-electron chi connectivity index (χ1n) is 13.0. The quantitative estimate of drug-likeness (QED) is 0.324. The first kappa shape index (κ1) is 26.4. The number of carbonyl (C=O) groups excluding carboxylic acids is 1. The molecule has 204 valence electrons. The van der Waals surface area contributed by atoms with Crippen LogP contribution in [-0.4, -0.2) is 70.0 Å². The van der Waals surface area contributed by atoms with E-state index in [0.29, 0.717) is 61.7 Å². The Morgan fingerprint density at radius 3 is 2.46 bits per heavy atom. The molecule has 1 atom stereocenters. The van der Waals surface area contributed by atoms with Gasteiger partial charge in [0.25, 0.3) is 5.56 Å².